The van der Waals surface area contributed by atoms with Crippen molar-refractivity contribution in [3.63, 3.8) is 0 Å². The minimum atomic E-state index is -1.23. The van der Waals surface area contributed by atoms with Crippen molar-refractivity contribution in [3.05, 3.63) is 63.2 Å². The maximum atomic E-state index is 13.5. The van der Waals surface area contributed by atoms with E-state index in [2.05, 4.69) is 25.9 Å². The van der Waals surface area contributed by atoms with Crippen molar-refractivity contribution in [2.75, 3.05) is 27.9 Å². The first-order valence-electron chi connectivity index (χ1n) is 10.9. The Kier molecular flexibility index (Phi) is 8.78. The van der Waals surface area contributed by atoms with Crippen LogP contribution in [0.15, 0.2) is 46.8 Å². The second kappa shape index (κ2) is 11.8. The highest BCUT2D eigenvalue weighted by molar-refractivity contribution is 6.31. The van der Waals surface area contributed by atoms with Crippen molar-refractivity contribution in [1.29, 1.82) is 0 Å². The molecule has 0 saturated heterocycles. The lowest BCUT2D eigenvalue weighted by Crippen LogP contribution is -2.42. The van der Waals surface area contributed by atoms with Crippen molar-refractivity contribution < 1.29 is 33.3 Å². The van der Waals surface area contributed by atoms with E-state index in [1.807, 2.05) is 0 Å². The highest BCUT2D eigenvalue weighted by Gasteiger charge is 2.46. The molecule has 13 heteroatoms. The van der Waals surface area contributed by atoms with Crippen LogP contribution in [0.5, 0.6) is 0 Å². The lowest BCUT2D eigenvalue weighted by atomic mass is 9.78. The molecule has 0 saturated carbocycles. The fourth-order valence-electron chi connectivity index (χ4n) is 4.13. The van der Waals surface area contributed by atoms with Gasteiger partial charge >= 0.3 is 17.9 Å². The Balaban J connectivity index is 2.36. The molecule has 1 aliphatic heterocycles. The molecular formula is C23H26ClN5O7. The Morgan fingerprint density at radius 1 is 1.08 bits per heavy atom. The van der Waals surface area contributed by atoms with Crippen LogP contribution in [0.2, 0.25) is 5.02 Å². The van der Waals surface area contributed by atoms with Gasteiger partial charge < -0.3 is 24.3 Å². The van der Waals surface area contributed by atoms with E-state index >= 15 is 0 Å². The molecular weight excluding hydrogens is 494 g/mol. The number of hydrogen-bond acceptors (Lipinski definition) is 11. The summed E-state index contributed by atoms with van der Waals surface area (Å²) >= 11 is 6.54. The van der Waals surface area contributed by atoms with Crippen LogP contribution in [0.25, 0.3) is 0 Å². The Morgan fingerprint density at radius 3 is 2.36 bits per heavy atom. The Morgan fingerprint density at radius 2 is 1.81 bits per heavy atom. The molecule has 192 valence electrons. The van der Waals surface area contributed by atoms with Crippen LogP contribution in [0.3, 0.4) is 0 Å². The van der Waals surface area contributed by atoms with E-state index in [9.17, 15) is 14.4 Å². The Labute approximate surface area is 212 Å². The van der Waals surface area contributed by atoms with Gasteiger partial charge in [0.25, 0.3) is 0 Å². The third-order valence-electron chi connectivity index (χ3n) is 5.65. The number of ether oxygens (including phenoxy) is 4. The number of tetrazole rings is 1. The molecule has 3 atom stereocenters. The zero-order valence-corrected chi connectivity index (χ0v) is 21.1. The standard InChI is InChI=1S/C23H26ClN5O7/c1-6-36-23(32)16-15(12-9-7-8-10-13(12)24)14(21(30)34-4)11(2)25-18(16)19(33-3)17(22(31)35-5)20-26-28-29-27-20/h7-10,15,17,19,25H,6H2,1-5H3,(H,26,27,28,29). The second-order valence-electron chi connectivity index (χ2n) is 7.58. The largest absolute Gasteiger partial charge is 0.468 e. The van der Waals surface area contributed by atoms with Gasteiger partial charge in [0, 0.05) is 17.8 Å². The van der Waals surface area contributed by atoms with E-state index < -0.39 is 35.8 Å². The molecule has 0 fully saturated rings. The van der Waals surface area contributed by atoms with E-state index in [4.69, 9.17) is 30.5 Å². The number of aromatic amines is 1. The van der Waals surface area contributed by atoms with Crippen molar-refractivity contribution in [3.8, 4) is 0 Å². The number of nitrogens with zero attached hydrogens (tertiary/aromatic N) is 3. The van der Waals surface area contributed by atoms with E-state index in [1.165, 1.54) is 21.3 Å². The number of halogens is 1. The minimum absolute atomic E-state index is 0.000183. The van der Waals surface area contributed by atoms with E-state index in [-0.39, 0.29) is 29.3 Å². The Hall–Kier alpha value is -3.77. The van der Waals surface area contributed by atoms with Gasteiger partial charge in [0.15, 0.2) is 11.7 Å². The van der Waals surface area contributed by atoms with Gasteiger partial charge in [-0.15, -0.1) is 10.2 Å². The van der Waals surface area contributed by atoms with Crippen LogP contribution in [0, 0.1) is 0 Å². The van der Waals surface area contributed by atoms with Crippen LogP contribution in [-0.2, 0) is 33.3 Å². The smallest absolute Gasteiger partial charge is 0.336 e. The summed E-state index contributed by atoms with van der Waals surface area (Å²) in [6, 6.07) is 6.76. The lowest BCUT2D eigenvalue weighted by molar-refractivity contribution is -0.146. The molecule has 1 aromatic carbocycles. The quantitative estimate of drug-likeness (QED) is 0.368. The van der Waals surface area contributed by atoms with Gasteiger partial charge in [-0.25, -0.2) is 9.59 Å². The molecule has 3 unspecified atom stereocenters. The number of rotatable bonds is 9. The maximum absolute atomic E-state index is 13.5. The number of dihydropyridines is 1. The molecule has 0 radical (unpaired) electrons. The first-order valence-corrected chi connectivity index (χ1v) is 11.2. The zero-order chi connectivity index (χ0) is 26.4. The summed E-state index contributed by atoms with van der Waals surface area (Å²) in [6.07, 6.45) is -1.17. The number of nitrogens with one attached hydrogen (secondary N) is 2. The summed E-state index contributed by atoms with van der Waals surface area (Å²) in [5.41, 5.74) is 1.09. The van der Waals surface area contributed by atoms with E-state index in [1.54, 1.807) is 38.1 Å². The first-order chi connectivity index (χ1) is 17.3. The third-order valence-corrected chi connectivity index (χ3v) is 5.99. The first kappa shape index (κ1) is 26.8. The number of esters is 3. The van der Waals surface area contributed by atoms with Gasteiger partial charge in [0.05, 0.1) is 43.6 Å². The van der Waals surface area contributed by atoms with Crippen molar-refractivity contribution >= 4 is 29.5 Å². The highest BCUT2D eigenvalue weighted by Crippen LogP contribution is 2.44. The predicted octanol–water partition coefficient (Wildman–Crippen LogP) is 1.78. The van der Waals surface area contributed by atoms with Gasteiger partial charge in [-0.1, -0.05) is 35.0 Å². The third kappa shape index (κ3) is 5.09. The number of benzene rings is 1. The fraction of sp³-hybridized carbons (Fsp3) is 0.391. The second-order valence-corrected chi connectivity index (χ2v) is 7.99. The van der Waals surface area contributed by atoms with Crippen molar-refractivity contribution in [1.82, 2.24) is 25.9 Å². The SMILES string of the molecule is CCOC(=O)C1=C(C(OC)C(C(=O)OC)c2nn[nH]n2)NC(C)=C(C(=O)OC)C1c1ccccc1Cl. The number of aromatic nitrogens is 4. The topological polar surface area (TPSA) is 155 Å². The fourth-order valence-corrected chi connectivity index (χ4v) is 4.37. The maximum Gasteiger partial charge on any atom is 0.336 e. The normalized spacial score (nSPS) is 17.2. The Bertz CT molecular complexity index is 1200. The number of carbonyl (C=O) groups is 3. The van der Waals surface area contributed by atoms with Gasteiger partial charge in [0.1, 0.15) is 6.10 Å². The number of carbonyl (C=O) groups excluding carboxylic acids is 3. The summed E-state index contributed by atoms with van der Waals surface area (Å²) < 4.78 is 21.1. The van der Waals surface area contributed by atoms with Gasteiger partial charge in [-0.3, -0.25) is 4.79 Å². The molecule has 0 amide bonds. The van der Waals surface area contributed by atoms with Crippen LogP contribution < -0.4 is 5.32 Å². The molecule has 0 spiro atoms. The summed E-state index contributed by atoms with van der Waals surface area (Å²) in [5, 5.41) is 17.0. The number of H-pyrrole nitrogens is 1. The number of hydrogen-bond donors (Lipinski definition) is 2. The molecule has 0 bridgehead atoms. The summed E-state index contributed by atoms with van der Waals surface area (Å²) in [5.74, 6) is -4.44. The van der Waals surface area contributed by atoms with Crippen molar-refractivity contribution in [2.45, 2.75) is 31.8 Å². The van der Waals surface area contributed by atoms with Crippen LogP contribution in [0.1, 0.15) is 37.1 Å². The lowest BCUT2D eigenvalue weighted by Gasteiger charge is -2.35. The highest BCUT2D eigenvalue weighted by atomic mass is 35.5. The van der Waals surface area contributed by atoms with Crippen molar-refractivity contribution in [2.24, 2.45) is 0 Å². The molecule has 0 aliphatic carbocycles. The van der Waals surface area contributed by atoms with Crippen LogP contribution in [0.4, 0.5) is 0 Å². The molecule has 1 aromatic heterocycles. The molecule has 2 heterocycles. The monoisotopic (exact) mass is 519 g/mol. The van der Waals surface area contributed by atoms with E-state index in [0.29, 0.717) is 16.3 Å². The van der Waals surface area contributed by atoms with Gasteiger partial charge in [0.2, 0.25) is 0 Å². The molecule has 3 rings (SSSR count). The molecule has 36 heavy (non-hydrogen) atoms. The summed E-state index contributed by atoms with van der Waals surface area (Å²) in [6.45, 7) is 3.32. The average molecular weight is 520 g/mol. The number of allylic oxidation sites excluding steroid dienone is 1. The van der Waals surface area contributed by atoms with Crippen LogP contribution in [-0.4, -0.2) is 72.6 Å². The summed E-state index contributed by atoms with van der Waals surface area (Å²) in [7, 11) is 3.78. The average Bonchev–Trinajstić information content (AvgIpc) is 3.40. The van der Waals surface area contributed by atoms with Gasteiger partial charge in [-0.05, 0) is 25.5 Å². The molecule has 12 nitrogen and oxygen atoms in total. The minimum Gasteiger partial charge on any atom is -0.468 e. The van der Waals surface area contributed by atoms with E-state index in [0.717, 1.165) is 0 Å². The number of methoxy groups -OCH3 is 3. The van der Waals surface area contributed by atoms with Crippen LogP contribution >= 0.6 is 11.6 Å². The zero-order valence-electron chi connectivity index (χ0n) is 20.3. The summed E-state index contributed by atoms with van der Waals surface area (Å²) in [4.78, 5) is 39.3. The van der Waals surface area contributed by atoms with Gasteiger partial charge in [-0.2, -0.15) is 5.21 Å². The molecule has 2 aromatic rings. The molecule has 2 N–H and O–H groups in total. The molecule has 1 aliphatic rings. The predicted molar refractivity (Wildman–Crippen MR) is 125 cm³/mol.